The molecular weight excluding hydrogens is 455 g/mol. The van der Waals surface area contributed by atoms with Gasteiger partial charge in [-0.2, -0.15) is 0 Å². The molecule has 5 rings (SSSR count). The van der Waals surface area contributed by atoms with E-state index in [0.717, 1.165) is 19.3 Å². The van der Waals surface area contributed by atoms with Gasteiger partial charge in [-0.25, -0.2) is 4.39 Å². The third-order valence-corrected chi connectivity index (χ3v) is 8.95. The first-order chi connectivity index (χ1) is 16.1. The highest BCUT2D eigenvalue weighted by Crippen LogP contribution is 2.59. The number of anilines is 1. The summed E-state index contributed by atoms with van der Waals surface area (Å²) in [5.74, 6) is -0.784. The van der Waals surface area contributed by atoms with E-state index in [1.807, 2.05) is 18.7 Å². The Kier molecular flexibility index (Phi) is 5.52. The zero-order valence-corrected chi connectivity index (χ0v) is 20.9. The molecule has 0 radical (unpaired) electrons. The van der Waals surface area contributed by atoms with E-state index in [4.69, 9.17) is 10.5 Å². The van der Waals surface area contributed by atoms with Crippen LogP contribution in [0.25, 0.3) is 0 Å². The van der Waals surface area contributed by atoms with Crippen molar-refractivity contribution in [2.45, 2.75) is 57.9 Å². The molecule has 8 heteroatoms. The number of hydrogen-bond acceptors (Lipinski definition) is 7. The van der Waals surface area contributed by atoms with Gasteiger partial charge in [0.05, 0.1) is 12.7 Å². The molecule has 2 aliphatic carbocycles. The number of rotatable bonds is 6. The molecule has 3 N–H and O–H groups in total. The maximum atomic E-state index is 15.7. The predicted octanol–water partition coefficient (Wildman–Crippen LogP) is 4.84. The zero-order valence-electron chi connectivity index (χ0n) is 20.0. The number of ether oxygens (including phenoxy) is 1. The second kappa shape index (κ2) is 8.05. The number of fused-ring (bicyclic) bond motifs is 2. The highest BCUT2D eigenvalue weighted by atomic mass is 32.1. The number of benzene rings is 1. The summed E-state index contributed by atoms with van der Waals surface area (Å²) in [5, 5.41) is 10.8. The van der Waals surface area contributed by atoms with E-state index in [2.05, 4.69) is 0 Å². The van der Waals surface area contributed by atoms with Crippen LogP contribution in [0.5, 0.6) is 11.5 Å². The number of methoxy groups -OCH3 is 1. The SMILES string of the molecule is CCC(=O)c1sc2c(c1O)C(=O)c1cc(F)c(N3CC[C@@H](C(C)(C)N)C3)c(OC)c1C2C1CC1. The molecule has 0 amide bonds. The summed E-state index contributed by atoms with van der Waals surface area (Å²) in [6, 6.07) is 1.30. The van der Waals surface area contributed by atoms with Gasteiger partial charge in [0, 0.05) is 47.0 Å². The van der Waals surface area contributed by atoms with Gasteiger partial charge >= 0.3 is 0 Å². The lowest BCUT2D eigenvalue weighted by molar-refractivity contribution is 0.0989. The summed E-state index contributed by atoms with van der Waals surface area (Å²) in [7, 11) is 1.51. The lowest BCUT2D eigenvalue weighted by Gasteiger charge is -2.32. The summed E-state index contributed by atoms with van der Waals surface area (Å²) in [5.41, 5.74) is 7.41. The molecule has 1 aromatic heterocycles. The molecule has 0 spiro atoms. The second-order valence-corrected chi connectivity index (χ2v) is 11.4. The van der Waals surface area contributed by atoms with E-state index >= 15 is 4.39 Å². The Morgan fingerprint density at radius 1 is 1.35 bits per heavy atom. The molecule has 3 aliphatic rings. The van der Waals surface area contributed by atoms with Gasteiger partial charge in [0.15, 0.2) is 17.4 Å². The minimum Gasteiger partial charge on any atom is -0.506 e. The predicted molar refractivity (Wildman–Crippen MR) is 130 cm³/mol. The van der Waals surface area contributed by atoms with Crippen molar-refractivity contribution in [1.82, 2.24) is 0 Å². The summed E-state index contributed by atoms with van der Waals surface area (Å²) in [4.78, 5) is 28.9. The van der Waals surface area contributed by atoms with Crippen LogP contribution in [0.4, 0.5) is 10.1 Å². The fourth-order valence-electron chi connectivity index (χ4n) is 5.57. The number of Topliss-reactive ketones (excluding diaryl/α,β-unsaturated/α-hetero) is 1. The van der Waals surface area contributed by atoms with E-state index in [1.54, 1.807) is 6.92 Å². The van der Waals surface area contributed by atoms with E-state index in [1.165, 1.54) is 24.5 Å². The Morgan fingerprint density at radius 2 is 2.06 bits per heavy atom. The van der Waals surface area contributed by atoms with E-state index in [0.29, 0.717) is 35.0 Å². The molecule has 1 saturated heterocycles. The third kappa shape index (κ3) is 3.45. The van der Waals surface area contributed by atoms with Crippen molar-refractivity contribution < 1.29 is 23.8 Å². The van der Waals surface area contributed by atoms with Crippen LogP contribution in [0.2, 0.25) is 0 Å². The number of aromatic hydroxyl groups is 1. The van der Waals surface area contributed by atoms with Crippen LogP contribution >= 0.6 is 11.3 Å². The van der Waals surface area contributed by atoms with Crippen molar-refractivity contribution in [2.24, 2.45) is 17.6 Å². The number of halogens is 1. The highest BCUT2D eigenvalue weighted by Gasteiger charge is 2.47. The molecule has 2 aromatic rings. The van der Waals surface area contributed by atoms with Gasteiger partial charge in [0.25, 0.3) is 0 Å². The van der Waals surface area contributed by atoms with Gasteiger partial charge in [-0.05, 0) is 51.0 Å². The van der Waals surface area contributed by atoms with Crippen LogP contribution in [0.1, 0.15) is 88.4 Å². The Morgan fingerprint density at radius 3 is 2.62 bits per heavy atom. The van der Waals surface area contributed by atoms with Gasteiger partial charge in [0.2, 0.25) is 0 Å². The van der Waals surface area contributed by atoms with Crippen molar-refractivity contribution in [3.05, 3.63) is 38.3 Å². The first kappa shape index (κ1) is 23.3. The Bertz CT molecular complexity index is 1190. The number of ketones is 2. The van der Waals surface area contributed by atoms with Crippen LogP contribution in [0.3, 0.4) is 0 Å². The number of nitrogens with zero attached hydrogens (tertiary/aromatic N) is 1. The molecule has 1 saturated carbocycles. The minimum atomic E-state index is -0.517. The van der Waals surface area contributed by atoms with Crippen LogP contribution in [-0.4, -0.2) is 42.4 Å². The van der Waals surface area contributed by atoms with E-state index in [-0.39, 0.29) is 57.3 Å². The van der Waals surface area contributed by atoms with Gasteiger partial charge in [0.1, 0.15) is 22.1 Å². The molecule has 0 bridgehead atoms. The number of hydrogen-bond donors (Lipinski definition) is 2. The third-order valence-electron chi connectivity index (χ3n) is 7.65. The second-order valence-electron chi connectivity index (χ2n) is 10.4. The van der Waals surface area contributed by atoms with Crippen molar-refractivity contribution >= 4 is 28.6 Å². The molecule has 1 unspecified atom stereocenters. The smallest absolute Gasteiger partial charge is 0.198 e. The molecule has 182 valence electrons. The highest BCUT2D eigenvalue weighted by molar-refractivity contribution is 7.15. The minimum absolute atomic E-state index is 0.159. The average molecular weight is 487 g/mol. The molecule has 2 heterocycles. The number of carbonyl (C=O) groups excluding carboxylic acids is 2. The standard InChI is InChI=1S/C26H31FN2O4S/c1-5-16(30)24-22(32)19-21(31)14-10-15(27)20(29-9-8-13(11-29)26(2,3)28)23(33-4)18(14)17(12-6-7-12)25(19)34-24/h10,12-13,17,32H,5-9,11,28H2,1-4H3/t13-,17?/m1/s1. The number of carbonyl (C=O) groups is 2. The van der Waals surface area contributed by atoms with Gasteiger partial charge in [-0.1, -0.05) is 6.92 Å². The van der Waals surface area contributed by atoms with Crippen molar-refractivity contribution in [3.8, 4) is 11.5 Å². The molecule has 1 aliphatic heterocycles. The van der Waals surface area contributed by atoms with Gasteiger partial charge in [-0.3, -0.25) is 9.59 Å². The Hall–Kier alpha value is -2.45. The normalized spacial score (nSPS) is 22.1. The molecule has 6 nitrogen and oxygen atoms in total. The topological polar surface area (TPSA) is 92.9 Å². The lowest BCUT2D eigenvalue weighted by Crippen LogP contribution is -2.42. The van der Waals surface area contributed by atoms with Crippen LogP contribution in [0.15, 0.2) is 6.07 Å². The number of nitrogens with two attached hydrogens (primary N) is 1. The maximum absolute atomic E-state index is 15.7. The number of thiophene rings is 1. The van der Waals surface area contributed by atoms with Crippen LogP contribution < -0.4 is 15.4 Å². The van der Waals surface area contributed by atoms with Crippen molar-refractivity contribution in [3.63, 3.8) is 0 Å². The molecule has 2 atom stereocenters. The Balaban J connectivity index is 1.69. The molecular formula is C26H31FN2O4S. The monoisotopic (exact) mass is 486 g/mol. The van der Waals surface area contributed by atoms with Crippen molar-refractivity contribution in [2.75, 3.05) is 25.1 Å². The van der Waals surface area contributed by atoms with Crippen LogP contribution in [-0.2, 0) is 0 Å². The molecule has 2 fully saturated rings. The van der Waals surface area contributed by atoms with Gasteiger partial charge < -0.3 is 20.5 Å². The summed E-state index contributed by atoms with van der Waals surface area (Å²) in [6.45, 7) is 6.97. The lowest BCUT2D eigenvalue weighted by atomic mass is 9.78. The molecule has 34 heavy (non-hydrogen) atoms. The van der Waals surface area contributed by atoms with Gasteiger partial charge in [-0.15, -0.1) is 11.3 Å². The first-order valence-electron chi connectivity index (χ1n) is 12.0. The maximum Gasteiger partial charge on any atom is 0.198 e. The van der Waals surface area contributed by atoms with E-state index < -0.39 is 11.6 Å². The van der Waals surface area contributed by atoms with Crippen molar-refractivity contribution in [1.29, 1.82) is 0 Å². The summed E-state index contributed by atoms with van der Waals surface area (Å²) >= 11 is 1.20. The summed E-state index contributed by atoms with van der Waals surface area (Å²) < 4.78 is 21.5. The Labute approximate surface area is 202 Å². The molecule has 1 aromatic carbocycles. The first-order valence-corrected chi connectivity index (χ1v) is 12.8. The largest absolute Gasteiger partial charge is 0.506 e. The summed E-state index contributed by atoms with van der Waals surface area (Å²) in [6.07, 6.45) is 3.02. The van der Waals surface area contributed by atoms with Crippen LogP contribution in [0, 0.1) is 17.7 Å². The fraction of sp³-hybridized carbons (Fsp3) is 0.538. The zero-order chi connectivity index (χ0) is 24.5. The fourth-order valence-corrected chi connectivity index (χ4v) is 6.98. The quantitative estimate of drug-likeness (QED) is 0.568. The van der Waals surface area contributed by atoms with E-state index in [9.17, 15) is 14.7 Å². The average Bonchev–Trinajstić information content (AvgIpc) is 3.38.